The van der Waals surface area contributed by atoms with Crippen LogP contribution in [0.4, 0.5) is 5.95 Å². The van der Waals surface area contributed by atoms with Gasteiger partial charge in [-0.25, -0.2) is 23.2 Å². The van der Waals surface area contributed by atoms with Crippen molar-refractivity contribution in [2.75, 3.05) is 37.7 Å². The lowest BCUT2D eigenvalue weighted by Gasteiger charge is -2.33. The lowest BCUT2D eigenvalue weighted by Crippen LogP contribution is -2.49. The molecule has 1 aromatic carbocycles. The molecule has 8 nitrogen and oxygen atoms in total. The van der Waals surface area contributed by atoms with Crippen LogP contribution in [0, 0.1) is 3.57 Å². The van der Waals surface area contributed by atoms with Crippen LogP contribution in [-0.2, 0) is 14.8 Å². The zero-order valence-electron chi connectivity index (χ0n) is 14.7. The maximum Gasteiger partial charge on any atom is 0.341 e. The molecule has 1 aromatic heterocycles. The van der Waals surface area contributed by atoms with Gasteiger partial charge in [0, 0.05) is 42.1 Å². The number of ether oxygens (including phenoxy) is 1. The molecule has 0 N–H and O–H groups in total. The van der Waals surface area contributed by atoms with Gasteiger partial charge in [-0.2, -0.15) is 4.31 Å². The van der Waals surface area contributed by atoms with Gasteiger partial charge < -0.3 is 9.64 Å². The monoisotopic (exact) mass is 502 g/mol. The van der Waals surface area contributed by atoms with Crippen molar-refractivity contribution in [3.63, 3.8) is 0 Å². The van der Waals surface area contributed by atoms with Crippen LogP contribution in [0.15, 0.2) is 41.6 Å². The predicted octanol–water partition coefficient (Wildman–Crippen LogP) is 1.77. The van der Waals surface area contributed by atoms with Crippen LogP contribution in [0.2, 0.25) is 0 Å². The van der Waals surface area contributed by atoms with E-state index in [0.717, 1.165) is 3.57 Å². The summed E-state index contributed by atoms with van der Waals surface area (Å²) in [5.41, 5.74) is 0.292. The number of carbonyl (C=O) groups is 1. The summed E-state index contributed by atoms with van der Waals surface area (Å²) in [7, 11) is -3.51. The number of piperazine rings is 1. The molecular weight excluding hydrogens is 483 g/mol. The van der Waals surface area contributed by atoms with Crippen molar-refractivity contribution in [1.82, 2.24) is 14.3 Å². The van der Waals surface area contributed by atoms with Crippen LogP contribution in [0.25, 0.3) is 0 Å². The van der Waals surface area contributed by atoms with E-state index in [1.807, 2.05) is 4.90 Å². The van der Waals surface area contributed by atoms with Crippen molar-refractivity contribution in [3.8, 4) is 0 Å². The largest absolute Gasteiger partial charge is 0.462 e. The van der Waals surface area contributed by atoms with Gasteiger partial charge in [0.1, 0.15) is 0 Å². The van der Waals surface area contributed by atoms with Gasteiger partial charge in [0.25, 0.3) is 0 Å². The van der Waals surface area contributed by atoms with E-state index in [2.05, 4.69) is 32.6 Å². The summed E-state index contributed by atoms with van der Waals surface area (Å²) in [5, 5.41) is 0. The number of carbonyl (C=O) groups excluding carboxylic acids is 1. The third kappa shape index (κ3) is 4.55. The molecule has 1 fully saturated rings. The summed E-state index contributed by atoms with van der Waals surface area (Å²) >= 11 is 2.14. The Balaban J connectivity index is 1.65. The molecule has 0 saturated carbocycles. The van der Waals surface area contributed by atoms with Gasteiger partial charge in [-0.05, 0) is 53.8 Å². The highest BCUT2D eigenvalue weighted by Gasteiger charge is 2.29. The minimum absolute atomic E-state index is 0.289. The minimum atomic E-state index is -3.51. The number of rotatable bonds is 5. The summed E-state index contributed by atoms with van der Waals surface area (Å²) < 4.78 is 32.9. The van der Waals surface area contributed by atoms with Crippen molar-refractivity contribution in [2.45, 2.75) is 11.8 Å². The molecule has 0 atom stereocenters. The molecule has 1 saturated heterocycles. The molecule has 144 valence electrons. The normalized spacial score (nSPS) is 15.6. The van der Waals surface area contributed by atoms with Gasteiger partial charge in [0.15, 0.2) is 0 Å². The third-order valence-corrected chi connectivity index (χ3v) is 6.75. The van der Waals surface area contributed by atoms with Crippen molar-refractivity contribution in [1.29, 1.82) is 0 Å². The van der Waals surface area contributed by atoms with E-state index in [9.17, 15) is 13.2 Å². The molecule has 2 heterocycles. The molecule has 0 aliphatic carbocycles. The second-order valence-corrected chi connectivity index (χ2v) is 9.02. The number of aromatic nitrogens is 2. The number of anilines is 1. The van der Waals surface area contributed by atoms with E-state index >= 15 is 0 Å². The molecule has 0 amide bonds. The summed E-state index contributed by atoms with van der Waals surface area (Å²) in [6.07, 6.45) is 2.85. The summed E-state index contributed by atoms with van der Waals surface area (Å²) in [4.78, 5) is 22.3. The molecule has 3 rings (SSSR count). The van der Waals surface area contributed by atoms with E-state index < -0.39 is 16.0 Å². The average Bonchev–Trinajstić information content (AvgIpc) is 2.69. The van der Waals surface area contributed by atoms with Crippen LogP contribution in [0.5, 0.6) is 0 Å². The fourth-order valence-electron chi connectivity index (χ4n) is 2.69. The van der Waals surface area contributed by atoms with Crippen molar-refractivity contribution in [2.24, 2.45) is 0 Å². The number of hydrogen-bond acceptors (Lipinski definition) is 7. The van der Waals surface area contributed by atoms with E-state index in [1.165, 1.54) is 16.7 Å². The predicted molar refractivity (Wildman–Crippen MR) is 108 cm³/mol. The number of benzene rings is 1. The first-order valence-electron chi connectivity index (χ1n) is 8.41. The van der Waals surface area contributed by atoms with Crippen LogP contribution in [-0.4, -0.2) is 61.4 Å². The molecule has 2 aromatic rings. The lowest BCUT2D eigenvalue weighted by atomic mass is 10.3. The fraction of sp³-hybridized carbons (Fsp3) is 0.353. The highest BCUT2D eigenvalue weighted by Crippen LogP contribution is 2.20. The zero-order valence-corrected chi connectivity index (χ0v) is 17.7. The molecule has 0 spiro atoms. The standard InChI is InChI=1S/C17H19IN4O4S/c1-2-26-16(23)13-11-19-17(20-12-13)21-7-9-22(10-8-21)27(24,25)15-5-3-14(18)4-6-15/h3-6,11-12H,2,7-10H2,1H3. The maximum atomic E-state index is 12.7. The highest BCUT2D eigenvalue weighted by atomic mass is 127. The number of nitrogens with zero attached hydrogens (tertiary/aromatic N) is 4. The second kappa shape index (κ2) is 8.48. The van der Waals surface area contributed by atoms with E-state index in [-0.39, 0.29) is 6.61 Å². The van der Waals surface area contributed by atoms with E-state index in [0.29, 0.717) is 42.6 Å². The van der Waals surface area contributed by atoms with Gasteiger partial charge in [-0.3, -0.25) is 0 Å². The Kier molecular flexibility index (Phi) is 6.27. The maximum absolute atomic E-state index is 12.7. The molecule has 1 aliphatic heterocycles. The van der Waals surface area contributed by atoms with Gasteiger partial charge in [-0.15, -0.1) is 0 Å². The quantitative estimate of drug-likeness (QED) is 0.455. The Morgan fingerprint density at radius 3 is 2.26 bits per heavy atom. The summed E-state index contributed by atoms with van der Waals surface area (Å²) in [5.74, 6) is 0.00634. The lowest BCUT2D eigenvalue weighted by molar-refractivity contribution is 0.0525. The minimum Gasteiger partial charge on any atom is -0.462 e. The smallest absolute Gasteiger partial charge is 0.341 e. The molecule has 27 heavy (non-hydrogen) atoms. The van der Waals surface area contributed by atoms with Crippen molar-refractivity contribution in [3.05, 3.63) is 45.8 Å². The Morgan fingerprint density at radius 2 is 1.70 bits per heavy atom. The first kappa shape index (κ1) is 20.0. The number of halogens is 1. The molecule has 0 radical (unpaired) electrons. The Labute approximate surface area is 171 Å². The van der Waals surface area contributed by atoms with E-state index in [4.69, 9.17) is 4.74 Å². The van der Waals surface area contributed by atoms with Gasteiger partial charge in [0.2, 0.25) is 16.0 Å². The highest BCUT2D eigenvalue weighted by molar-refractivity contribution is 14.1. The molecule has 1 aliphatic rings. The van der Waals surface area contributed by atoms with E-state index in [1.54, 1.807) is 31.2 Å². The zero-order chi connectivity index (χ0) is 19.4. The van der Waals surface area contributed by atoms with Gasteiger partial charge >= 0.3 is 5.97 Å². The Hall–Kier alpha value is -1.79. The number of esters is 1. The van der Waals surface area contributed by atoms with Crippen molar-refractivity contribution < 1.29 is 17.9 Å². The van der Waals surface area contributed by atoms with Crippen LogP contribution in [0.3, 0.4) is 0 Å². The SMILES string of the molecule is CCOC(=O)c1cnc(N2CCN(S(=O)(=O)c3ccc(I)cc3)CC2)nc1. The average molecular weight is 502 g/mol. The number of sulfonamides is 1. The van der Waals surface area contributed by atoms with Gasteiger partial charge in [0.05, 0.1) is 17.1 Å². The van der Waals surface area contributed by atoms with Crippen LogP contribution < -0.4 is 4.90 Å². The Morgan fingerprint density at radius 1 is 1.11 bits per heavy atom. The Bertz CT molecular complexity index is 896. The first-order valence-corrected chi connectivity index (χ1v) is 10.9. The topological polar surface area (TPSA) is 92.7 Å². The van der Waals surface area contributed by atoms with Gasteiger partial charge in [-0.1, -0.05) is 0 Å². The molecule has 10 heteroatoms. The summed E-state index contributed by atoms with van der Waals surface area (Å²) in [6.45, 7) is 3.66. The van der Waals surface area contributed by atoms with Crippen molar-refractivity contribution >= 4 is 44.5 Å². The summed E-state index contributed by atoms with van der Waals surface area (Å²) in [6, 6.07) is 6.81. The number of hydrogen-bond donors (Lipinski definition) is 0. The molecular formula is C17H19IN4O4S. The van der Waals surface area contributed by atoms with Crippen LogP contribution in [0.1, 0.15) is 17.3 Å². The van der Waals surface area contributed by atoms with Crippen LogP contribution >= 0.6 is 22.6 Å². The molecule has 0 unspecified atom stereocenters. The first-order chi connectivity index (χ1) is 12.9. The molecule has 0 bridgehead atoms. The third-order valence-electron chi connectivity index (χ3n) is 4.12. The fourth-order valence-corrected chi connectivity index (χ4v) is 4.47. The second-order valence-electron chi connectivity index (χ2n) is 5.84.